The third kappa shape index (κ3) is 4.92. The molecule has 0 atom stereocenters. The van der Waals surface area contributed by atoms with E-state index in [2.05, 4.69) is 5.32 Å². The molecule has 0 unspecified atom stereocenters. The second kappa shape index (κ2) is 8.30. The van der Waals surface area contributed by atoms with Crippen molar-refractivity contribution in [3.05, 3.63) is 59.2 Å². The minimum Gasteiger partial charge on any atom is -0.326 e. The van der Waals surface area contributed by atoms with Gasteiger partial charge >= 0.3 is 0 Å². The average Bonchev–Trinajstić information content (AvgIpc) is 2.60. The highest BCUT2D eigenvalue weighted by atomic mass is 32.2. The van der Waals surface area contributed by atoms with Gasteiger partial charge in [-0.05, 0) is 43.0 Å². The van der Waals surface area contributed by atoms with E-state index in [0.717, 1.165) is 35.2 Å². The standard InChI is InChI=1S/C20H25NO3S/c1-4-16-7-6-8-17(5-2)20(16)21-19(22)13-14-25(23,24)18-11-9-15(3)10-12-18/h6-12H,4-5,13-14H2,1-3H3,(H,21,22). The van der Waals surface area contributed by atoms with Gasteiger partial charge in [0.1, 0.15) is 0 Å². The van der Waals surface area contributed by atoms with Crippen molar-refractivity contribution in [1.82, 2.24) is 0 Å². The SMILES string of the molecule is CCc1cccc(CC)c1NC(=O)CCS(=O)(=O)c1ccc(C)cc1. The van der Waals surface area contributed by atoms with Crippen LogP contribution in [0, 0.1) is 6.92 Å². The summed E-state index contributed by atoms with van der Waals surface area (Å²) in [5, 5.41) is 2.91. The predicted molar refractivity (Wildman–Crippen MR) is 102 cm³/mol. The number of nitrogens with one attached hydrogen (secondary N) is 1. The highest BCUT2D eigenvalue weighted by molar-refractivity contribution is 7.91. The minimum absolute atomic E-state index is 0.0581. The van der Waals surface area contributed by atoms with Gasteiger partial charge in [-0.1, -0.05) is 49.7 Å². The number of carbonyl (C=O) groups excluding carboxylic acids is 1. The molecule has 0 bridgehead atoms. The van der Waals surface area contributed by atoms with Crippen molar-refractivity contribution in [3.8, 4) is 0 Å². The van der Waals surface area contributed by atoms with Crippen LogP contribution >= 0.6 is 0 Å². The first kappa shape index (κ1) is 19.2. The molecule has 0 saturated heterocycles. The molecule has 0 spiro atoms. The number of para-hydroxylation sites is 1. The predicted octanol–water partition coefficient (Wildman–Crippen LogP) is 3.92. The summed E-state index contributed by atoms with van der Waals surface area (Å²) in [6, 6.07) is 12.6. The van der Waals surface area contributed by atoms with Crippen molar-refractivity contribution < 1.29 is 13.2 Å². The molecule has 1 N–H and O–H groups in total. The van der Waals surface area contributed by atoms with Crippen molar-refractivity contribution >= 4 is 21.4 Å². The number of rotatable bonds is 7. The van der Waals surface area contributed by atoms with Gasteiger partial charge in [-0.2, -0.15) is 0 Å². The fourth-order valence-corrected chi connectivity index (χ4v) is 3.94. The summed E-state index contributed by atoms with van der Waals surface area (Å²) in [6.45, 7) is 5.97. The Morgan fingerprint density at radius 1 is 0.960 bits per heavy atom. The molecule has 2 aromatic rings. The second-order valence-electron chi connectivity index (χ2n) is 6.09. The topological polar surface area (TPSA) is 63.2 Å². The highest BCUT2D eigenvalue weighted by Gasteiger charge is 2.17. The number of carbonyl (C=O) groups is 1. The zero-order valence-corrected chi connectivity index (χ0v) is 15.8. The molecule has 0 aliphatic heterocycles. The number of sulfone groups is 1. The van der Waals surface area contributed by atoms with E-state index in [1.165, 1.54) is 0 Å². The summed E-state index contributed by atoms with van der Waals surface area (Å²) in [4.78, 5) is 12.6. The maximum absolute atomic E-state index is 12.4. The van der Waals surface area contributed by atoms with Crippen LogP contribution in [0.15, 0.2) is 47.4 Å². The summed E-state index contributed by atoms with van der Waals surface area (Å²) in [7, 11) is -3.46. The third-order valence-corrected chi connectivity index (χ3v) is 5.97. The summed E-state index contributed by atoms with van der Waals surface area (Å²) in [6.07, 6.45) is 1.56. The molecule has 5 heteroatoms. The van der Waals surface area contributed by atoms with Crippen molar-refractivity contribution in [2.45, 2.75) is 44.9 Å². The maximum Gasteiger partial charge on any atom is 0.225 e. The molecule has 0 aromatic heterocycles. The van der Waals surface area contributed by atoms with E-state index >= 15 is 0 Å². The quantitative estimate of drug-likeness (QED) is 0.815. The second-order valence-corrected chi connectivity index (χ2v) is 8.20. The number of benzene rings is 2. The van der Waals surface area contributed by atoms with Crippen LogP contribution in [0.5, 0.6) is 0 Å². The Kier molecular flexibility index (Phi) is 6.37. The van der Waals surface area contributed by atoms with Crippen LogP contribution in [-0.4, -0.2) is 20.1 Å². The maximum atomic E-state index is 12.4. The molecule has 2 rings (SSSR count). The Bertz CT molecular complexity index is 817. The fraction of sp³-hybridized carbons (Fsp3) is 0.350. The zero-order valence-electron chi connectivity index (χ0n) is 15.0. The van der Waals surface area contributed by atoms with Gasteiger partial charge in [-0.3, -0.25) is 4.79 Å². The molecule has 2 aromatic carbocycles. The number of anilines is 1. The first-order chi connectivity index (χ1) is 11.9. The number of amides is 1. The van der Waals surface area contributed by atoms with E-state index < -0.39 is 9.84 Å². The minimum atomic E-state index is -3.46. The third-order valence-electron chi connectivity index (χ3n) is 4.24. The molecule has 0 saturated carbocycles. The van der Waals surface area contributed by atoms with Gasteiger partial charge in [-0.25, -0.2) is 8.42 Å². The molecule has 0 aliphatic carbocycles. The number of aryl methyl sites for hydroxylation is 3. The summed E-state index contributed by atoms with van der Waals surface area (Å²) in [5.74, 6) is -0.469. The Hall–Kier alpha value is -2.14. The van der Waals surface area contributed by atoms with Gasteiger partial charge in [0.15, 0.2) is 9.84 Å². The van der Waals surface area contributed by atoms with E-state index in [1.807, 2.05) is 39.0 Å². The molecular formula is C20H25NO3S. The molecule has 0 radical (unpaired) electrons. The van der Waals surface area contributed by atoms with Gasteiger partial charge in [0.25, 0.3) is 0 Å². The lowest BCUT2D eigenvalue weighted by molar-refractivity contribution is -0.115. The van der Waals surface area contributed by atoms with Crippen LogP contribution in [0.4, 0.5) is 5.69 Å². The molecule has 25 heavy (non-hydrogen) atoms. The average molecular weight is 359 g/mol. The Balaban J connectivity index is 2.07. The van der Waals surface area contributed by atoms with Gasteiger partial charge in [0, 0.05) is 12.1 Å². The highest BCUT2D eigenvalue weighted by Crippen LogP contribution is 2.23. The summed E-state index contributed by atoms with van der Waals surface area (Å²) < 4.78 is 24.7. The van der Waals surface area contributed by atoms with Gasteiger partial charge in [0.05, 0.1) is 10.6 Å². The van der Waals surface area contributed by atoms with Crippen molar-refractivity contribution in [3.63, 3.8) is 0 Å². The van der Waals surface area contributed by atoms with Crippen LogP contribution in [-0.2, 0) is 27.5 Å². The number of hydrogen-bond acceptors (Lipinski definition) is 3. The first-order valence-electron chi connectivity index (χ1n) is 8.57. The molecular weight excluding hydrogens is 334 g/mol. The van der Waals surface area contributed by atoms with Gasteiger partial charge in [-0.15, -0.1) is 0 Å². The van der Waals surface area contributed by atoms with Gasteiger partial charge < -0.3 is 5.32 Å². The van der Waals surface area contributed by atoms with Crippen molar-refractivity contribution in [1.29, 1.82) is 0 Å². The largest absolute Gasteiger partial charge is 0.326 e. The Morgan fingerprint density at radius 2 is 1.52 bits per heavy atom. The Morgan fingerprint density at radius 3 is 2.04 bits per heavy atom. The van der Waals surface area contributed by atoms with E-state index in [0.29, 0.717) is 0 Å². The molecule has 4 nitrogen and oxygen atoms in total. The van der Waals surface area contributed by atoms with E-state index in [-0.39, 0.29) is 23.0 Å². The lowest BCUT2D eigenvalue weighted by Gasteiger charge is -2.14. The Labute approximate surface area is 150 Å². The van der Waals surface area contributed by atoms with Crippen molar-refractivity contribution in [2.24, 2.45) is 0 Å². The van der Waals surface area contributed by atoms with Crippen LogP contribution in [0.2, 0.25) is 0 Å². The smallest absolute Gasteiger partial charge is 0.225 e. The lowest BCUT2D eigenvalue weighted by atomic mass is 10.0. The molecule has 0 heterocycles. The normalized spacial score (nSPS) is 11.3. The van der Waals surface area contributed by atoms with E-state index in [1.54, 1.807) is 24.3 Å². The molecule has 0 aliphatic rings. The first-order valence-corrected chi connectivity index (χ1v) is 10.2. The fourth-order valence-electron chi connectivity index (χ4n) is 2.70. The van der Waals surface area contributed by atoms with Crippen LogP contribution < -0.4 is 5.32 Å². The zero-order chi connectivity index (χ0) is 18.4. The lowest BCUT2D eigenvalue weighted by Crippen LogP contribution is -2.19. The van der Waals surface area contributed by atoms with Crippen molar-refractivity contribution in [2.75, 3.05) is 11.1 Å². The van der Waals surface area contributed by atoms with Crippen LogP contribution in [0.3, 0.4) is 0 Å². The summed E-state index contributed by atoms with van der Waals surface area (Å²) >= 11 is 0. The van der Waals surface area contributed by atoms with E-state index in [9.17, 15) is 13.2 Å². The number of hydrogen-bond donors (Lipinski definition) is 1. The molecule has 0 fully saturated rings. The molecule has 134 valence electrons. The van der Waals surface area contributed by atoms with Crippen LogP contribution in [0.1, 0.15) is 37.0 Å². The van der Waals surface area contributed by atoms with Gasteiger partial charge in [0.2, 0.25) is 5.91 Å². The summed E-state index contributed by atoms with van der Waals surface area (Å²) in [5.41, 5.74) is 3.95. The van der Waals surface area contributed by atoms with E-state index in [4.69, 9.17) is 0 Å². The molecule has 1 amide bonds. The van der Waals surface area contributed by atoms with Crippen LogP contribution in [0.25, 0.3) is 0 Å². The monoisotopic (exact) mass is 359 g/mol.